The number of hydrogen-bond donors (Lipinski definition) is 1. The second-order valence-corrected chi connectivity index (χ2v) is 7.06. The van der Waals surface area contributed by atoms with Gasteiger partial charge in [-0.1, -0.05) is 25.0 Å². The number of carbonyl (C=O) groups is 1. The molecule has 0 radical (unpaired) electrons. The zero-order valence-corrected chi connectivity index (χ0v) is 16.0. The van der Waals surface area contributed by atoms with Gasteiger partial charge >= 0.3 is 5.63 Å². The number of rotatable bonds is 4. The molecule has 0 aliphatic carbocycles. The van der Waals surface area contributed by atoms with E-state index in [1.165, 1.54) is 37.8 Å². The van der Waals surface area contributed by atoms with Crippen molar-refractivity contribution in [2.24, 2.45) is 0 Å². The van der Waals surface area contributed by atoms with Crippen LogP contribution in [0.1, 0.15) is 36.0 Å². The predicted molar refractivity (Wildman–Crippen MR) is 111 cm³/mol. The van der Waals surface area contributed by atoms with Crippen LogP contribution in [0.15, 0.2) is 64.0 Å². The molecule has 29 heavy (non-hydrogen) atoms. The van der Waals surface area contributed by atoms with E-state index in [0.717, 1.165) is 36.4 Å². The van der Waals surface area contributed by atoms with Crippen molar-refractivity contribution in [3.63, 3.8) is 0 Å². The Bertz CT molecular complexity index is 1020. The minimum Gasteiger partial charge on any atom is -0.430 e. The van der Waals surface area contributed by atoms with Crippen LogP contribution in [-0.4, -0.2) is 29.2 Å². The molecule has 1 fully saturated rings. The first-order valence-corrected chi connectivity index (χ1v) is 9.78. The second kappa shape index (κ2) is 8.68. The molecule has 2 aromatic heterocycles. The molecule has 1 saturated heterocycles. The third kappa shape index (κ3) is 4.68. The van der Waals surface area contributed by atoms with Crippen molar-refractivity contribution in [2.75, 3.05) is 23.3 Å². The highest BCUT2D eigenvalue weighted by atomic mass is 16.4. The van der Waals surface area contributed by atoms with Crippen LogP contribution in [0.3, 0.4) is 0 Å². The summed E-state index contributed by atoms with van der Waals surface area (Å²) in [6.45, 7) is 2.05. The first kappa shape index (κ1) is 18.9. The zero-order chi connectivity index (χ0) is 20.1. The number of amides is 1. The molecule has 4 rings (SSSR count). The Morgan fingerprint density at radius 2 is 1.79 bits per heavy atom. The van der Waals surface area contributed by atoms with E-state index >= 15 is 0 Å². The fraction of sp³-hybridized carbons (Fsp3) is 0.273. The highest BCUT2D eigenvalue weighted by Gasteiger charge is 2.12. The van der Waals surface area contributed by atoms with E-state index in [9.17, 15) is 9.59 Å². The number of benzene rings is 1. The molecule has 0 saturated carbocycles. The van der Waals surface area contributed by atoms with Gasteiger partial charge in [-0.15, -0.1) is 10.2 Å². The van der Waals surface area contributed by atoms with Crippen LogP contribution < -0.4 is 15.8 Å². The van der Waals surface area contributed by atoms with Crippen LogP contribution >= 0.6 is 0 Å². The van der Waals surface area contributed by atoms with Gasteiger partial charge in [0.1, 0.15) is 6.26 Å². The minimum atomic E-state index is -0.495. The number of anilines is 2. The molecule has 3 heterocycles. The average molecular weight is 390 g/mol. The van der Waals surface area contributed by atoms with Gasteiger partial charge < -0.3 is 14.6 Å². The Morgan fingerprint density at radius 3 is 2.48 bits per heavy atom. The van der Waals surface area contributed by atoms with Gasteiger partial charge in [-0.05, 0) is 43.2 Å². The van der Waals surface area contributed by atoms with Crippen molar-refractivity contribution in [2.45, 2.75) is 25.7 Å². The lowest BCUT2D eigenvalue weighted by molar-refractivity contribution is 0.102. The van der Waals surface area contributed by atoms with Crippen LogP contribution in [0.2, 0.25) is 0 Å². The van der Waals surface area contributed by atoms with Crippen LogP contribution in [0, 0.1) is 0 Å². The maximum atomic E-state index is 12.3. The van der Waals surface area contributed by atoms with Crippen LogP contribution in [0.4, 0.5) is 11.5 Å². The predicted octanol–water partition coefficient (Wildman–Crippen LogP) is 3.73. The molecule has 1 aromatic carbocycles. The molecule has 1 aliphatic heterocycles. The van der Waals surface area contributed by atoms with E-state index in [2.05, 4.69) is 20.4 Å². The number of nitrogens with one attached hydrogen (secondary N) is 1. The van der Waals surface area contributed by atoms with Gasteiger partial charge in [0.05, 0.1) is 11.3 Å². The maximum absolute atomic E-state index is 12.3. The third-order valence-corrected chi connectivity index (χ3v) is 4.96. The summed E-state index contributed by atoms with van der Waals surface area (Å²) >= 11 is 0. The summed E-state index contributed by atoms with van der Waals surface area (Å²) in [7, 11) is 0. The molecular formula is C22H22N4O3. The lowest BCUT2D eigenvalue weighted by atomic mass is 10.1. The highest BCUT2D eigenvalue weighted by Crippen LogP contribution is 2.23. The van der Waals surface area contributed by atoms with E-state index in [-0.39, 0.29) is 11.5 Å². The fourth-order valence-electron chi connectivity index (χ4n) is 3.39. The Kier molecular flexibility index (Phi) is 5.65. The van der Waals surface area contributed by atoms with Crippen molar-refractivity contribution in [1.82, 2.24) is 10.2 Å². The Balaban J connectivity index is 1.48. The van der Waals surface area contributed by atoms with E-state index in [4.69, 9.17) is 4.42 Å². The van der Waals surface area contributed by atoms with Crippen LogP contribution in [0.5, 0.6) is 0 Å². The van der Waals surface area contributed by atoms with Gasteiger partial charge in [-0.25, -0.2) is 4.79 Å². The summed E-state index contributed by atoms with van der Waals surface area (Å²) in [5, 5.41) is 11.6. The third-order valence-electron chi connectivity index (χ3n) is 4.96. The van der Waals surface area contributed by atoms with Crippen LogP contribution in [0.25, 0.3) is 11.3 Å². The van der Waals surface area contributed by atoms with Crippen molar-refractivity contribution in [1.29, 1.82) is 0 Å². The van der Waals surface area contributed by atoms with Crippen molar-refractivity contribution in [3.8, 4) is 11.3 Å². The summed E-state index contributed by atoms with van der Waals surface area (Å²) in [6, 6.07) is 14.0. The van der Waals surface area contributed by atoms with Gasteiger partial charge in [0, 0.05) is 30.4 Å². The first-order valence-electron chi connectivity index (χ1n) is 9.78. The Labute approximate surface area is 168 Å². The molecule has 0 bridgehead atoms. The number of nitrogens with zero attached hydrogens (tertiary/aromatic N) is 3. The number of carbonyl (C=O) groups excluding carboxylic acids is 1. The summed E-state index contributed by atoms with van der Waals surface area (Å²) in [6.07, 6.45) is 6.08. The molecule has 1 N–H and O–H groups in total. The molecule has 3 aromatic rings. The minimum absolute atomic E-state index is 0.275. The van der Waals surface area contributed by atoms with E-state index < -0.39 is 5.63 Å². The van der Waals surface area contributed by atoms with Crippen molar-refractivity contribution >= 4 is 17.4 Å². The largest absolute Gasteiger partial charge is 0.430 e. The van der Waals surface area contributed by atoms with Gasteiger partial charge in [0.15, 0.2) is 5.82 Å². The zero-order valence-electron chi connectivity index (χ0n) is 16.0. The summed E-state index contributed by atoms with van der Waals surface area (Å²) in [4.78, 5) is 25.6. The molecule has 148 valence electrons. The normalized spacial score (nSPS) is 14.3. The van der Waals surface area contributed by atoms with E-state index in [1.807, 2.05) is 30.3 Å². The van der Waals surface area contributed by atoms with Gasteiger partial charge in [-0.2, -0.15) is 0 Å². The molecule has 1 aliphatic rings. The quantitative estimate of drug-likeness (QED) is 0.730. The van der Waals surface area contributed by atoms with Gasteiger partial charge in [0.25, 0.3) is 5.91 Å². The lowest BCUT2D eigenvalue weighted by Crippen LogP contribution is -2.25. The number of aromatic nitrogens is 2. The molecular weight excluding hydrogens is 368 g/mol. The Hall–Kier alpha value is -3.48. The lowest BCUT2D eigenvalue weighted by Gasteiger charge is -2.20. The summed E-state index contributed by atoms with van der Waals surface area (Å²) < 4.78 is 4.74. The summed E-state index contributed by atoms with van der Waals surface area (Å²) in [5.41, 5.74) is 2.00. The molecule has 0 unspecified atom stereocenters. The van der Waals surface area contributed by atoms with Gasteiger partial charge in [0.2, 0.25) is 0 Å². The fourth-order valence-corrected chi connectivity index (χ4v) is 3.39. The van der Waals surface area contributed by atoms with Crippen molar-refractivity contribution in [3.05, 3.63) is 70.8 Å². The summed E-state index contributed by atoms with van der Waals surface area (Å²) in [5.74, 6) is 0.555. The van der Waals surface area contributed by atoms with Crippen molar-refractivity contribution < 1.29 is 9.21 Å². The molecule has 0 atom stereocenters. The van der Waals surface area contributed by atoms with Gasteiger partial charge in [-0.3, -0.25) is 4.79 Å². The molecule has 0 spiro atoms. The molecule has 7 nitrogen and oxygen atoms in total. The average Bonchev–Trinajstić information content (AvgIpc) is 3.04. The maximum Gasteiger partial charge on any atom is 0.335 e. The first-order chi connectivity index (χ1) is 14.2. The standard InChI is InChI=1S/C22H22N4O3/c27-21-11-8-17(15-29-21)22(28)23-18-7-5-6-16(14-18)19-9-10-20(25-24-19)26-12-3-1-2-4-13-26/h5-11,14-15H,1-4,12-13H2,(H,23,28). The molecule has 1 amide bonds. The smallest absolute Gasteiger partial charge is 0.335 e. The molecule has 7 heteroatoms. The highest BCUT2D eigenvalue weighted by molar-refractivity contribution is 6.04. The topological polar surface area (TPSA) is 88.3 Å². The van der Waals surface area contributed by atoms with Crippen LogP contribution in [-0.2, 0) is 0 Å². The van der Waals surface area contributed by atoms with E-state index in [0.29, 0.717) is 5.69 Å². The second-order valence-electron chi connectivity index (χ2n) is 7.06. The monoisotopic (exact) mass is 390 g/mol. The Morgan fingerprint density at radius 1 is 0.966 bits per heavy atom. The SMILES string of the molecule is O=C(Nc1cccc(-c2ccc(N3CCCCCC3)nn2)c1)c1ccc(=O)oc1. The number of hydrogen-bond acceptors (Lipinski definition) is 6. The van der Waals surface area contributed by atoms with E-state index in [1.54, 1.807) is 6.07 Å².